The first-order chi connectivity index (χ1) is 10.1. The van der Waals surface area contributed by atoms with Crippen LogP contribution < -0.4 is 10.5 Å². The molecule has 3 N–H and O–H groups in total. The predicted octanol–water partition coefficient (Wildman–Crippen LogP) is 1.02. The van der Waals surface area contributed by atoms with Gasteiger partial charge in [-0.2, -0.15) is 0 Å². The lowest BCUT2D eigenvalue weighted by molar-refractivity contribution is 0.591. The third-order valence-electron chi connectivity index (χ3n) is 2.60. The van der Waals surface area contributed by atoms with Crippen LogP contribution in [0.3, 0.4) is 0 Å². The van der Waals surface area contributed by atoms with Gasteiger partial charge >= 0.3 is 0 Å². The zero-order valence-electron chi connectivity index (χ0n) is 11.3. The van der Waals surface area contributed by atoms with Crippen LogP contribution in [0.1, 0.15) is 11.3 Å². The summed E-state index contributed by atoms with van der Waals surface area (Å²) in [6.07, 6.45) is 1.64. The molecule has 0 saturated carbocycles. The van der Waals surface area contributed by atoms with Gasteiger partial charge in [0.15, 0.2) is 0 Å². The Morgan fingerprint density at radius 3 is 2.52 bits per heavy atom. The minimum absolute atomic E-state index is 0.142. The third-order valence-corrected chi connectivity index (χ3v) is 3.83. The van der Waals surface area contributed by atoms with E-state index in [1.165, 1.54) is 0 Å². The van der Waals surface area contributed by atoms with Gasteiger partial charge in [0.2, 0.25) is 16.0 Å². The Hall–Kier alpha value is -2.41. The van der Waals surface area contributed by atoms with Crippen LogP contribution in [0.5, 0.6) is 0 Å². The van der Waals surface area contributed by atoms with Crippen molar-refractivity contribution in [2.45, 2.75) is 12.3 Å². The Morgan fingerprint density at radius 1 is 1.14 bits per heavy atom. The summed E-state index contributed by atoms with van der Waals surface area (Å²) in [6.45, 7) is 0.223. The average Bonchev–Trinajstić information content (AvgIpc) is 2.46. The summed E-state index contributed by atoms with van der Waals surface area (Å²) in [4.78, 5) is 8.04. The highest BCUT2D eigenvalue weighted by atomic mass is 32.2. The van der Waals surface area contributed by atoms with Crippen molar-refractivity contribution >= 4 is 16.0 Å². The van der Waals surface area contributed by atoms with Crippen LogP contribution in [-0.4, -0.2) is 19.4 Å². The van der Waals surface area contributed by atoms with Crippen LogP contribution >= 0.6 is 0 Å². The van der Waals surface area contributed by atoms with Crippen molar-refractivity contribution in [2.24, 2.45) is 10.7 Å². The normalized spacial score (nSPS) is 12.1. The second kappa shape index (κ2) is 6.85. The lowest BCUT2D eigenvalue weighted by Crippen LogP contribution is -2.37. The molecule has 1 aromatic carbocycles. The van der Waals surface area contributed by atoms with Gasteiger partial charge in [-0.05, 0) is 17.7 Å². The van der Waals surface area contributed by atoms with Crippen molar-refractivity contribution in [3.05, 3.63) is 66.0 Å². The minimum atomic E-state index is -3.56. The van der Waals surface area contributed by atoms with Gasteiger partial charge in [0.05, 0.1) is 18.0 Å². The molecular weight excluding hydrogens is 288 g/mol. The lowest BCUT2D eigenvalue weighted by Gasteiger charge is -2.07. The summed E-state index contributed by atoms with van der Waals surface area (Å²) >= 11 is 0. The molecule has 0 bridgehead atoms. The van der Waals surface area contributed by atoms with Gasteiger partial charge in [-0.15, -0.1) is 0 Å². The van der Waals surface area contributed by atoms with E-state index in [-0.39, 0.29) is 18.3 Å². The van der Waals surface area contributed by atoms with Gasteiger partial charge in [0, 0.05) is 6.20 Å². The number of aromatic nitrogens is 1. The molecule has 2 rings (SSSR count). The van der Waals surface area contributed by atoms with Gasteiger partial charge in [-0.25, -0.2) is 13.4 Å². The van der Waals surface area contributed by atoms with Crippen molar-refractivity contribution in [2.75, 3.05) is 0 Å². The number of sulfonamides is 1. The molecule has 0 aliphatic rings. The van der Waals surface area contributed by atoms with Gasteiger partial charge in [0.25, 0.3) is 0 Å². The van der Waals surface area contributed by atoms with Gasteiger partial charge in [-0.1, -0.05) is 36.4 Å². The first-order valence-electron chi connectivity index (χ1n) is 6.29. The van der Waals surface area contributed by atoms with Crippen LogP contribution in [0.4, 0.5) is 0 Å². The molecule has 1 heterocycles. The zero-order chi connectivity index (χ0) is 15.1. The number of benzene rings is 1. The monoisotopic (exact) mass is 304 g/mol. The highest BCUT2D eigenvalue weighted by Gasteiger charge is 2.12. The molecular formula is C14H16N4O2S. The Morgan fingerprint density at radius 2 is 1.86 bits per heavy atom. The van der Waals surface area contributed by atoms with E-state index in [1.807, 2.05) is 12.1 Å². The first kappa shape index (κ1) is 15.0. The SMILES string of the molecule is NC(=NCc1ccccn1)NS(=O)(=O)Cc1ccccc1. The molecule has 2 aromatic rings. The Bertz CT molecular complexity index is 700. The molecule has 1 aromatic heterocycles. The van der Waals surface area contributed by atoms with E-state index < -0.39 is 10.0 Å². The smallest absolute Gasteiger partial charge is 0.239 e. The van der Waals surface area contributed by atoms with E-state index in [0.717, 1.165) is 0 Å². The molecule has 0 aliphatic carbocycles. The Labute approximate surface area is 123 Å². The van der Waals surface area contributed by atoms with Gasteiger partial charge < -0.3 is 5.73 Å². The number of nitrogens with two attached hydrogens (primary N) is 1. The summed E-state index contributed by atoms with van der Waals surface area (Å²) in [6, 6.07) is 14.3. The fraction of sp³-hybridized carbons (Fsp3) is 0.143. The molecule has 110 valence electrons. The number of nitrogens with one attached hydrogen (secondary N) is 1. The van der Waals surface area contributed by atoms with Crippen molar-refractivity contribution in [3.63, 3.8) is 0 Å². The molecule has 0 spiro atoms. The zero-order valence-corrected chi connectivity index (χ0v) is 12.1. The number of hydrogen-bond donors (Lipinski definition) is 2. The third kappa shape index (κ3) is 5.23. The summed E-state index contributed by atoms with van der Waals surface area (Å²) in [5, 5.41) is 0. The summed E-state index contributed by atoms with van der Waals surface area (Å²) in [7, 11) is -3.56. The van der Waals surface area contributed by atoms with Crippen molar-refractivity contribution in [1.82, 2.24) is 9.71 Å². The van der Waals surface area contributed by atoms with Crippen molar-refractivity contribution in [3.8, 4) is 0 Å². The molecule has 0 saturated heterocycles. The van der Waals surface area contributed by atoms with Crippen LogP contribution in [0.2, 0.25) is 0 Å². The highest BCUT2D eigenvalue weighted by Crippen LogP contribution is 2.03. The second-order valence-corrected chi connectivity index (χ2v) is 6.09. The minimum Gasteiger partial charge on any atom is -0.369 e. The Balaban J connectivity index is 1.96. The van der Waals surface area contributed by atoms with Crippen LogP contribution in [0.15, 0.2) is 59.7 Å². The van der Waals surface area contributed by atoms with E-state index in [2.05, 4.69) is 14.7 Å². The molecule has 0 radical (unpaired) electrons. The molecule has 0 fully saturated rings. The van der Waals surface area contributed by atoms with Crippen LogP contribution in [0.25, 0.3) is 0 Å². The number of aliphatic imine (C=N–C) groups is 1. The fourth-order valence-electron chi connectivity index (χ4n) is 1.68. The molecule has 0 amide bonds. The molecule has 0 atom stereocenters. The number of rotatable bonds is 5. The number of nitrogens with zero attached hydrogens (tertiary/aromatic N) is 2. The van der Waals surface area contributed by atoms with E-state index >= 15 is 0 Å². The number of guanidine groups is 1. The Kier molecular flexibility index (Phi) is 4.89. The van der Waals surface area contributed by atoms with Crippen molar-refractivity contribution < 1.29 is 8.42 Å². The fourth-order valence-corrected chi connectivity index (χ4v) is 2.77. The standard InChI is InChI=1S/C14H16N4O2S/c15-14(17-10-13-8-4-5-9-16-13)18-21(19,20)11-12-6-2-1-3-7-12/h1-9H,10-11H2,(H3,15,17,18). The maximum Gasteiger partial charge on any atom is 0.239 e. The molecule has 0 unspecified atom stereocenters. The molecule has 21 heavy (non-hydrogen) atoms. The van der Waals surface area contributed by atoms with Gasteiger partial charge in [0.1, 0.15) is 0 Å². The summed E-state index contributed by atoms with van der Waals surface area (Å²) in [5.74, 6) is -0.287. The second-order valence-electron chi connectivity index (χ2n) is 4.37. The van der Waals surface area contributed by atoms with E-state index in [0.29, 0.717) is 11.3 Å². The predicted molar refractivity (Wildman–Crippen MR) is 81.8 cm³/mol. The largest absolute Gasteiger partial charge is 0.369 e. The van der Waals surface area contributed by atoms with Crippen molar-refractivity contribution in [1.29, 1.82) is 0 Å². The molecule has 7 heteroatoms. The molecule has 0 aliphatic heterocycles. The maximum absolute atomic E-state index is 11.9. The van der Waals surface area contributed by atoms with E-state index in [4.69, 9.17) is 5.73 Å². The number of hydrogen-bond acceptors (Lipinski definition) is 4. The summed E-state index contributed by atoms with van der Waals surface area (Å²) < 4.78 is 26.1. The maximum atomic E-state index is 11.9. The van der Waals surface area contributed by atoms with Crippen LogP contribution in [0, 0.1) is 0 Å². The summed E-state index contributed by atoms with van der Waals surface area (Å²) in [5.41, 5.74) is 6.99. The van der Waals surface area contributed by atoms with E-state index in [9.17, 15) is 8.42 Å². The lowest BCUT2D eigenvalue weighted by atomic mass is 10.2. The number of pyridine rings is 1. The molecule has 6 nitrogen and oxygen atoms in total. The van der Waals surface area contributed by atoms with E-state index in [1.54, 1.807) is 42.6 Å². The average molecular weight is 304 g/mol. The highest BCUT2D eigenvalue weighted by molar-refractivity contribution is 7.89. The first-order valence-corrected chi connectivity index (χ1v) is 7.95. The van der Waals surface area contributed by atoms with Gasteiger partial charge in [-0.3, -0.25) is 9.71 Å². The topological polar surface area (TPSA) is 97.4 Å². The quantitative estimate of drug-likeness (QED) is 0.636. The van der Waals surface area contributed by atoms with Crippen LogP contribution in [-0.2, 0) is 22.3 Å².